The largest absolute Gasteiger partial charge is 0.497 e. The van der Waals surface area contributed by atoms with Gasteiger partial charge < -0.3 is 15.8 Å². The third kappa shape index (κ3) is 3.72. The van der Waals surface area contributed by atoms with Crippen LogP contribution >= 0.6 is 11.8 Å². The van der Waals surface area contributed by atoms with Crippen molar-refractivity contribution in [2.75, 3.05) is 31.0 Å². The molecule has 0 heterocycles. The van der Waals surface area contributed by atoms with Gasteiger partial charge in [0.1, 0.15) is 5.75 Å². The molecule has 4 heteroatoms. The van der Waals surface area contributed by atoms with Crippen LogP contribution in [0.2, 0.25) is 0 Å². The van der Waals surface area contributed by atoms with Gasteiger partial charge in [0, 0.05) is 34.8 Å². The lowest BCUT2D eigenvalue weighted by atomic mass is 9.88. The summed E-state index contributed by atoms with van der Waals surface area (Å²) in [7, 11) is 1.67. The Morgan fingerprint density at radius 3 is 2.63 bits per heavy atom. The van der Waals surface area contributed by atoms with Crippen molar-refractivity contribution < 1.29 is 4.74 Å². The molecule has 0 saturated heterocycles. The van der Waals surface area contributed by atoms with Gasteiger partial charge in [-0.15, -0.1) is 0 Å². The number of hydrogen-bond acceptors (Lipinski definition) is 4. The summed E-state index contributed by atoms with van der Waals surface area (Å²) in [5.41, 5.74) is 7.68. The van der Waals surface area contributed by atoms with Gasteiger partial charge in [-0.3, -0.25) is 0 Å². The van der Waals surface area contributed by atoms with Crippen LogP contribution in [0.5, 0.6) is 5.75 Å². The normalized spacial score (nSPS) is 18.0. The lowest BCUT2D eigenvalue weighted by Crippen LogP contribution is -2.35. The summed E-state index contributed by atoms with van der Waals surface area (Å²) in [6.07, 6.45) is 8.92. The second kappa shape index (κ2) is 6.42. The highest BCUT2D eigenvalue weighted by Crippen LogP contribution is 2.38. The second-order valence-electron chi connectivity index (χ2n) is 5.30. The SMILES string of the molecule is COc1cc(N)cc(NCC2(SC)CCCCC2)c1. The minimum Gasteiger partial charge on any atom is -0.497 e. The van der Waals surface area contributed by atoms with E-state index in [9.17, 15) is 0 Å². The van der Waals surface area contributed by atoms with Gasteiger partial charge in [0.15, 0.2) is 0 Å². The molecule has 1 aliphatic rings. The van der Waals surface area contributed by atoms with Crippen molar-refractivity contribution in [2.24, 2.45) is 0 Å². The Kier molecular flexibility index (Phi) is 4.86. The first kappa shape index (κ1) is 14.4. The van der Waals surface area contributed by atoms with Crippen molar-refractivity contribution in [3.8, 4) is 5.75 Å². The maximum absolute atomic E-state index is 5.88. The predicted octanol–water partition coefficient (Wildman–Crippen LogP) is 3.76. The molecule has 0 atom stereocenters. The average molecular weight is 280 g/mol. The van der Waals surface area contributed by atoms with Gasteiger partial charge in [-0.25, -0.2) is 0 Å². The van der Waals surface area contributed by atoms with Crippen molar-refractivity contribution in [1.82, 2.24) is 0 Å². The van der Waals surface area contributed by atoms with Gasteiger partial charge in [-0.2, -0.15) is 11.8 Å². The van der Waals surface area contributed by atoms with Gasteiger partial charge in [-0.05, 0) is 25.2 Å². The summed E-state index contributed by atoms with van der Waals surface area (Å²) in [5, 5.41) is 3.54. The number of hydrogen-bond donors (Lipinski definition) is 2. The van der Waals surface area contributed by atoms with E-state index in [1.54, 1.807) is 7.11 Å². The zero-order valence-electron chi connectivity index (χ0n) is 11.9. The molecule has 0 unspecified atom stereocenters. The Morgan fingerprint density at radius 1 is 1.26 bits per heavy atom. The quantitative estimate of drug-likeness (QED) is 0.806. The van der Waals surface area contributed by atoms with Crippen LogP contribution in [0, 0.1) is 0 Å². The number of ether oxygens (including phenoxy) is 1. The first-order valence-electron chi connectivity index (χ1n) is 6.91. The van der Waals surface area contributed by atoms with E-state index in [4.69, 9.17) is 10.5 Å². The average Bonchev–Trinajstić information content (AvgIpc) is 2.45. The summed E-state index contributed by atoms with van der Waals surface area (Å²) in [6, 6.07) is 5.82. The molecular formula is C15H24N2OS. The van der Waals surface area contributed by atoms with E-state index in [-0.39, 0.29) is 0 Å². The fraction of sp³-hybridized carbons (Fsp3) is 0.600. The fourth-order valence-corrected chi connectivity index (χ4v) is 3.67. The van der Waals surface area contributed by atoms with Crippen LogP contribution in [-0.4, -0.2) is 24.7 Å². The van der Waals surface area contributed by atoms with Crippen LogP contribution in [0.1, 0.15) is 32.1 Å². The first-order valence-corrected chi connectivity index (χ1v) is 8.13. The summed E-state index contributed by atoms with van der Waals surface area (Å²) in [6.45, 7) is 1.00. The predicted molar refractivity (Wildman–Crippen MR) is 85.2 cm³/mol. The molecule has 0 spiro atoms. The number of nitrogens with one attached hydrogen (secondary N) is 1. The molecule has 0 radical (unpaired) electrons. The molecule has 19 heavy (non-hydrogen) atoms. The molecule has 3 nitrogen and oxygen atoms in total. The molecule has 0 aliphatic heterocycles. The van der Waals surface area contributed by atoms with E-state index < -0.39 is 0 Å². The molecule has 3 N–H and O–H groups in total. The highest BCUT2D eigenvalue weighted by molar-refractivity contribution is 8.00. The van der Waals surface area contributed by atoms with E-state index in [0.29, 0.717) is 4.75 Å². The van der Waals surface area contributed by atoms with Crippen LogP contribution in [-0.2, 0) is 0 Å². The van der Waals surface area contributed by atoms with Gasteiger partial charge in [-0.1, -0.05) is 19.3 Å². The highest BCUT2D eigenvalue weighted by Gasteiger charge is 2.30. The second-order valence-corrected chi connectivity index (χ2v) is 6.57. The van der Waals surface area contributed by atoms with Gasteiger partial charge in [0.05, 0.1) is 7.11 Å². The topological polar surface area (TPSA) is 47.3 Å². The molecule has 0 amide bonds. The number of thioether (sulfide) groups is 1. The number of nitrogen functional groups attached to an aromatic ring is 1. The van der Waals surface area contributed by atoms with Gasteiger partial charge in [0.2, 0.25) is 0 Å². The van der Waals surface area contributed by atoms with Crippen LogP contribution < -0.4 is 15.8 Å². The van der Waals surface area contributed by atoms with Crippen LogP contribution in [0.4, 0.5) is 11.4 Å². The molecular weight excluding hydrogens is 256 g/mol. The van der Waals surface area contributed by atoms with Gasteiger partial charge >= 0.3 is 0 Å². The lowest BCUT2D eigenvalue weighted by molar-refractivity contribution is 0.410. The zero-order valence-corrected chi connectivity index (χ0v) is 12.7. The smallest absolute Gasteiger partial charge is 0.122 e. The van der Waals surface area contributed by atoms with Crippen molar-refractivity contribution >= 4 is 23.1 Å². The number of benzene rings is 1. The van der Waals surface area contributed by atoms with E-state index in [1.165, 1.54) is 32.1 Å². The minimum absolute atomic E-state index is 0.385. The third-order valence-electron chi connectivity index (χ3n) is 3.98. The van der Waals surface area contributed by atoms with Crippen molar-refractivity contribution in [3.63, 3.8) is 0 Å². The monoisotopic (exact) mass is 280 g/mol. The minimum atomic E-state index is 0.385. The number of methoxy groups -OCH3 is 1. The zero-order chi connectivity index (χ0) is 13.7. The Labute approximate surface area is 120 Å². The molecule has 0 bridgehead atoms. The van der Waals surface area contributed by atoms with Crippen LogP contribution in [0.3, 0.4) is 0 Å². The Bertz CT molecular complexity index is 417. The maximum atomic E-state index is 5.88. The standard InChI is InChI=1S/C15H24N2OS/c1-18-14-9-12(16)8-13(10-14)17-11-15(19-2)6-4-3-5-7-15/h8-10,17H,3-7,11,16H2,1-2H3. The third-order valence-corrected chi connectivity index (χ3v) is 5.40. The Balaban J connectivity index is 2.02. The summed E-state index contributed by atoms with van der Waals surface area (Å²) in [5.74, 6) is 0.810. The van der Waals surface area contributed by atoms with Crippen molar-refractivity contribution in [1.29, 1.82) is 0 Å². The van der Waals surface area contributed by atoms with Crippen molar-refractivity contribution in [3.05, 3.63) is 18.2 Å². The Hall–Kier alpha value is -1.03. The summed E-state index contributed by atoms with van der Waals surface area (Å²) < 4.78 is 5.64. The maximum Gasteiger partial charge on any atom is 0.122 e. The summed E-state index contributed by atoms with van der Waals surface area (Å²) >= 11 is 2.00. The van der Waals surface area contributed by atoms with E-state index in [0.717, 1.165) is 23.7 Å². The number of nitrogens with two attached hydrogens (primary N) is 1. The molecule has 2 rings (SSSR count). The molecule has 0 aromatic heterocycles. The van der Waals surface area contributed by atoms with Gasteiger partial charge in [0.25, 0.3) is 0 Å². The van der Waals surface area contributed by atoms with E-state index >= 15 is 0 Å². The highest BCUT2D eigenvalue weighted by atomic mass is 32.2. The summed E-state index contributed by atoms with van der Waals surface area (Å²) in [4.78, 5) is 0. The molecule has 1 aromatic rings. The molecule has 1 aliphatic carbocycles. The fourth-order valence-electron chi connectivity index (χ4n) is 2.75. The van der Waals surface area contributed by atoms with E-state index in [1.807, 2.05) is 30.0 Å². The first-order chi connectivity index (χ1) is 9.17. The molecule has 1 aromatic carbocycles. The molecule has 1 fully saturated rings. The Morgan fingerprint density at radius 2 is 2.00 bits per heavy atom. The number of anilines is 2. The van der Waals surface area contributed by atoms with Crippen LogP contribution in [0.25, 0.3) is 0 Å². The molecule has 1 saturated carbocycles. The number of rotatable bonds is 5. The van der Waals surface area contributed by atoms with Crippen LogP contribution in [0.15, 0.2) is 18.2 Å². The lowest BCUT2D eigenvalue weighted by Gasteiger charge is -2.36. The molecule has 106 valence electrons. The van der Waals surface area contributed by atoms with Crippen molar-refractivity contribution in [2.45, 2.75) is 36.9 Å². The van der Waals surface area contributed by atoms with E-state index in [2.05, 4.69) is 11.6 Å².